The molecule has 0 aliphatic carbocycles. The third-order valence-electron chi connectivity index (χ3n) is 3.07. The molecule has 19 heavy (non-hydrogen) atoms. The molecule has 0 aliphatic heterocycles. The van der Waals surface area contributed by atoms with Crippen LogP contribution in [0.15, 0.2) is 36.4 Å². The van der Waals surface area contributed by atoms with Gasteiger partial charge in [-0.25, -0.2) is 0 Å². The van der Waals surface area contributed by atoms with Gasteiger partial charge in [0.2, 0.25) is 0 Å². The number of hydrogen-bond acceptors (Lipinski definition) is 4. The molecule has 2 rings (SSSR count). The molecule has 0 fully saturated rings. The maximum absolute atomic E-state index is 11.1. The Balaban J connectivity index is 1.98. The first-order chi connectivity index (χ1) is 9.19. The molecule has 0 radical (unpaired) electrons. The molecule has 0 aliphatic rings. The molecule has 1 atom stereocenters. The predicted octanol–water partition coefficient (Wildman–Crippen LogP) is 2.06. The van der Waals surface area contributed by atoms with E-state index in [1.54, 1.807) is 0 Å². The second-order valence-electron chi connectivity index (χ2n) is 4.57. The van der Waals surface area contributed by atoms with E-state index < -0.39 is 0 Å². The summed E-state index contributed by atoms with van der Waals surface area (Å²) in [5.74, 6) is -0.220. The van der Waals surface area contributed by atoms with Crippen LogP contribution < -0.4 is 5.73 Å². The zero-order valence-electron chi connectivity index (χ0n) is 11.0. The lowest BCUT2D eigenvalue weighted by molar-refractivity contribution is -0.140. The van der Waals surface area contributed by atoms with Gasteiger partial charge in [0.1, 0.15) is 0 Å². The Bertz CT molecular complexity index is 569. The second-order valence-corrected chi connectivity index (χ2v) is 4.57. The Hall–Kier alpha value is -1.94. The van der Waals surface area contributed by atoms with Gasteiger partial charge in [-0.15, -0.1) is 0 Å². The minimum absolute atomic E-state index is 0.0761. The van der Waals surface area contributed by atoms with Crippen LogP contribution in [-0.4, -0.2) is 24.1 Å². The highest BCUT2D eigenvalue weighted by Crippen LogP contribution is 2.13. The van der Waals surface area contributed by atoms with Crippen molar-refractivity contribution >= 4 is 16.9 Å². The van der Waals surface area contributed by atoms with E-state index in [0.717, 1.165) is 16.6 Å². The van der Waals surface area contributed by atoms with Crippen molar-refractivity contribution in [2.75, 3.05) is 7.11 Å². The summed E-state index contributed by atoms with van der Waals surface area (Å²) in [5, 5.41) is 1.12. The number of carbonyl (C=O) groups is 1. The number of hydrogen-bond donors (Lipinski definition) is 1. The third kappa shape index (κ3) is 3.76. The molecule has 1 aromatic heterocycles. The van der Waals surface area contributed by atoms with E-state index in [9.17, 15) is 4.79 Å². The SMILES string of the molecule is COC(=O)CCC(N)Cc1ccc2ccccc2n1. The van der Waals surface area contributed by atoms with Crippen molar-refractivity contribution in [3.63, 3.8) is 0 Å². The largest absolute Gasteiger partial charge is 0.469 e. The van der Waals surface area contributed by atoms with Gasteiger partial charge in [-0.05, 0) is 18.6 Å². The first-order valence-corrected chi connectivity index (χ1v) is 6.36. The number of benzene rings is 1. The number of ether oxygens (including phenoxy) is 1. The maximum atomic E-state index is 11.1. The van der Waals surface area contributed by atoms with Gasteiger partial charge in [0.05, 0.1) is 12.6 Å². The standard InChI is InChI=1S/C15H18N2O2/c1-19-15(18)9-7-12(16)10-13-8-6-11-4-2-3-5-14(11)17-13/h2-6,8,12H,7,9-10,16H2,1H3. The highest BCUT2D eigenvalue weighted by molar-refractivity contribution is 5.78. The van der Waals surface area contributed by atoms with Crippen molar-refractivity contribution < 1.29 is 9.53 Å². The lowest BCUT2D eigenvalue weighted by Gasteiger charge is -2.10. The quantitative estimate of drug-likeness (QED) is 0.834. The van der Waals surface area contributed by atoms with E-state index in [1.807, 2.05) is 36.4 Å². The summed E-state index contributed by atoms with van der Waals surface area (Å²) in [6.45, 7) is 0. The number of fused-ring (bicyclic) bond motifs is 1. The minimum Gasteiger partial charge on any atom is -0.469 e. The molecular formula is C15H18N2O2. The molecule has 0 bridgehead atoms. The first-order valence-electron chi connectivity index (χ1n) is 6.36. The van der Waals surface area contributed by atoms with Crippen molar-refractivity contribution in [3.8, 4) is 0 Å². The third-order valence-corrected chi connectivity index (χ3v) is 3.07. The van der Waals surface area contributed by atoms with Crippen LogP contribution in [0.25, 0.3) is 10.9 Å². The monoisotopic (exact) mass is 258 g/mol. The molecule has 2 N–H and O–H groups in total. The minimum atomic E-state index is -0.220. The summed E-state index contributed by atoms with van der Waals surface area (Å²) in [6.07, 6.45) is 1.63. The highest BCUT2D eigenvalue weighted by Gasteiger charge is 2.09. The van der Waals surface area contributed by atoms with Crippen LogP contribution in [0, 0.1) is 0 Å². The van der Waals surface area contributed by atoms with Crippen molar-refractivity contribution in [1.82, 2.24) is 4.98 Å². The van der Waals surface area contributed by atoms with E-state index in [4.69, 9.17) is 5.73 Å². The molecule has 0 saturated carbocycles. The van der Waals surface area contributed by atoms with Crippen molar-refractivity contribution in [3.05, 3.63) is 42.1 Å². The molecule has 0 spiro atoms. The number of esters is 1. The average molecular weight is 258 g/mol. The van der Waals surface area contributed by atoms with E-state index in [2.05, 4.69) is 9.72 Å². The first kappa shape index (κ1) is 13.5. The highest BCUT2D eigenvalue weighted by atomic mass is 16.5. The van der Waals surface area contributed by atoms with Crippen LogP contribution >= 0.6 is 0 Å². The lowest BCUT2D eigenvalue weighted by Crippen LogP contribution is -2.24. The van der Waals surface area contributed by atoms with Crippen molar-refractivity contribution in [2.45, 2.75) is 25.3 Å². The van der Waals surface area contributed by atoms with Gasteiger partial charge in [0, 0.05) is 30.0 Å². The zero-order chi connectivity index (χ0) is 13.7. The molecule has 100 valence electrons. The number of carbonyl (C=O) groups excluding carboxylic acids is 1. The van der Waals surface area contributed by atoms with Gasteiger partial charge in [0.15, 0.2) is 0 Å². The van der Waals surface area contributed by atoms with Crippen molar-refractivity contribution in [1.29, 1.82) is 0 Å². The summed E-state index contributed by atoms with van der Waals surface area (Å²) in [5.41, 5.74) is 7.93. The van der Waals surface area contributed by atoms with Crippen LogP contribution in [0.4, 0.5) is 0 Å². The number of methoxy groups -OCH3 is 1. The molecule has 2 aromatic rings. The number of nitrogens with zero attached hydrogens (tertiary/aromatic N) is 1. The molecule has 4 nitrogen and oxygen atoms in total. The molecule has 1 unspecified atom stereocenters. The van der Waals surface area contributed by atoms with Crippen LogP contribution in [0.5, 0.6) is 0 Å². The fourth-order valence-electron chi connectivity index (χ4n) is 2.00. The molecule has 1 aromatic carbocycles. The number of nitrogens with two attached hydrogens (primary N) is 1. The fourth-order valence-corrected chi connectivity index (χ4v) is 2.00. The van der Waals surface area contributed by atoms with E-state index in [-0.39, 0.29) is 12.0 Å². The Morgan fingerprint density at radius 1 is 1.32 bits per heavy atom. The lowest BCUT2D eigenvalue weighted by atomic mass is 10.1. The Kier molecular flexibility index (Phi) is 4.47. The van der Waals surface area contributed by atoms with Crippen LogP contribution in [-0.2, 0) is 16.0 Å². The zero-order valence-corrected chi connectivity index (χ0v) is 11.0. The average Bonchev–Trinajstić information content (AvgIpc) is 2.44. The molecule has 1 heterocycles. The van der Waals surface area contributed by atoms with Gasteiger partial charge in [-0.3, -0.25) is 9.78 Å². The van der Waals surface area contributed by atoms with E-state index in [1.165, 1.54) is 7.11 Å². The summed E-state index contributed by atoms with van der Waals surface area (Å²) in [6, 6.07) is 11.9. The summed E-state index contributed by atoms with van der Waals surface area (Å²) in [4.78, 5) is 15.6. The van der Waals surface area contributed by atoms with Crippen molar-refractivity contribution in [2.24, 2.45) is 5.73 Å². The fraction of sp³-hybridized carbons (Fsp3) is 0.333. The molecule has 4 heteroatoms. The predicted molar refractivity (Wildman–Crippen MR) is 74.7 cm³/mol. The number of rotatable bonds is 5. The van der Waals surface area contributed by atoms with Gasteiger partial charge >= 0.3 is 5.97 Å². The normalized spacial score (nSPS) is 12.3. The van der Waals surface area contributed by atoms with Gasteiger partial charge < -0.3 is 10.5 Å². The molecular weight excluding hydrogens is 240 g/mol. The van der Waals surface area contributed by atoms with Gasteiger partial charge in [-0.2, -0.15) is 0 Å². The summed E-state index contributed by atoms with van der Waals surface area (Å²) >= 11 is 0. The number of aromatic nitrogens is 1. The Morgan fingerprint density at radius 2 is 2.11 bits per heavy atom. The van der Waals surface area contributed by atoms with Crippen LogP contribution in [0.2, 0.25) is 0 Å². The number of para-hydroxylation sites is 1. The van der Waals surface area contributed by atoms with Crippen LogP contribution in [0.3, 0.4) is 0 Å². The van der Waals surface area contributed by atoms with Gasteiger partial charge in [-0.1, -0.05) is 24.3 Å². The topological polar surface area (TPSA) is 65.2 Å². The summed E-state index contributed by atoms with van der Waals surface area (Å²) in [7, 11) is 1.39. The smallest absolute Gasteiger partial charge is 0.305 e. The van der Waals surface area contributed by atoms with Gasteiger partial charge in [0.25, 0.3) is 0 Å². The Labute approximate surface area is 112 Å². The van der Waals surface area contributed by atoms with Crippen LogP contribution in [0.1, 0.15) is 18.5 Å². The number of pyridine rings is 1. The summed E-state index contributed by atoms with van der Waals surface area (Å²) < 4.78 is 4.60. The maximum Gasteiger partial charge on any atom is 0.305 e. The molecule has 0 amide bonds. The molecule has 0 saturated heterocycles. The second kappa shape index (κ2) is 6.29. The van der Waals surface area contributed by atoms with E-state index in [0.29, 0.717) is 19.3 Å². The van der Waals surface area contributed by atoms with E-state index >= 15 is 0 Å². The Morgan fingerprint density at radius 3 is 2.89 bits per heavy atom.